The highest BCUT2D eigenvalue weighted by atomic mass is 16.7. The molecule has 34 heavy (non-hydrogen) atoms. The summed E-state index contributed by atoms with van der Waals surface area (Å²) in [7, 11) is 3.22. The van der Waals surface area contributed by atoms with Crippen molar-refractivity contribution in [2.24, 2.45) is 0 Å². The Kier molecular flexibility index (Phi) is 5.86. The molecule has 0 aliphatic carbocycles. The monoisotopic (exact) mass is 459 g/mol. The van der Waals surface area contributed by atoms with Gasteiger partial charge in [0.25, 0.3) is 0 Å². The molecule has 0 unspecified atom stereocenters. The fourth-order valence-corrected chi connectivity index (χ4v) is 4.20. The highest BCUT2D eigenvalue weighted by Gasteiger charge is 2.21. The smallest absolute Gasteiger partial charge is 0.319 e. The van der Waals surface area contributed by atoms with Crippen molar-refractivity contribution in [1.82, 2.24) is 10.3 Å². The van der Waals surface area contributed by atoms with Crippen molar-refractivity contribution in [2.75, 3.05) is 32.9 Å². The van der Waals surface area contributed by atoms with Gasteiger partial charge in [-0.1, -0.05) is 24.3 Å². The summed E-state index contributed by atoms with van der Waals surface area (Å²) in [5.41, 5.74) is 3.72. The number of anilines is 1. The van der Waals surface area contributed by atoms with Gasteiger partial charge in [-0.25, -0.2) is 4.79 Å². The van der Waals surface area contributed by atoms with E-state index in [1.165, 1.54) is 0 Å². The molecule has 0 saturated carbocycles. The number of rotatable bonds is 7. The minimum atomic E-state index is -0.316. The molecular formula is C26H25N3O5. The first-order valence-corrected chi connectivity index (χ1v) is 10.9. The number of fused-ring (bicyclic) bond motifs is 2. The standard InChI is InChI=1S/C26H25N3O5/c1-31-22-9-7-16(11-24(22)32-2)19(20-14-27-21-6-4-3-5-18(20)21)13-28-26(30)29-17-8-10-23-25(12-17)34-15-33-23/h3-12,14,19,27H,13,15H2,1-2H3,(H2,28,29,30)/t19-/m1/s1. The number of amides is 2. The predicted molar refractivity (Wildman–Crippen MR) is 129 cm³/mol. The van der Waals surface area contributed by atoms with E-state index in [0.29, 0.717) is 35.2 Å². The Bertz CT molecular complexity index is 1330. The minimum Gasteiger partial charge on any atom is -0.493 e. The average Bonchev–Trinajstić information content (AvgIpc) is 3.51. The van der Waals surface area contributed by atoms with Gasteiger partial charge in [0, 0.05) is 41.3 Å². The fourth-order valence-electron chi connectivity index (χ4n) is 4.20. The number of aromatic amines is 1. The minimum absolute atomic E-state index is 0.126. The van der Waals surface area contributed by atoms with Gasteiger partial charge in [0.15, 0.2) is 23.0 Å². The zero-order valence-corrected chi connectivity index (χ0v) is 18.9. The third kappa shape index (κ3) is 4.17. The first-order valence-electron chi connectivity index (χ1n) is 10.9. The molecule has 1 atom stereocenters. The lowest BCUT2D eigenvalue weighted by molar-refractivity contribution is 0.174. The summed E-state index contributed by atoms with van der Waals surface area (Å²) in [6, 6.07) is 18.9. The van der Waals surface area contributed by atoms with Gasteiger partial charge >= 0.3 is 6.03 Å². The number of hydrogen-bond acceptors (Lipinski definition) is 5. The molecule has 3 N–H and O–H groups in total. The maximum absolute atomic E-state index is 12.8. The van der Waals surface area contributed by atoms with Gasteiger partial charge in [-0.05, 0) is 41.5 Å². The predicted octanol–water partition coefficient (Wildman–Crippen LogP) is 4.87. The van der Waals surface area contributed by atoms with E-state index in [1.807, 2.05) is 42.6 Å². The molecule has 1 aromatic heterocycles. The third-order valence-electron chi connectivity index (χ3n) is 5.90. The number of carbonyl (C=O) groups excluding carboxylic acids is 1. The van der Waals surface area contributed by atoms with Crippen molar-refractivity contribution in [3.05, 3.63) is 78.0 Å². The quantitative estimate of drug-likeness (QED) is 0.367. The molecule has 0 spiro atoms. The van der Waals surface area contributed by atoms with E-state index in [2.05, 4.69) is 21.7 Å². The molecule has 0 saturated heterocycles. The molecule has 8 heteroatoms. The highest BCUT2D eigenvalue weighted by molar-refractivity contribution is 5.90. The second-order valence-corrected chi connectivity index (χ2v) is 7.86. The van der Waals surface area contributed by atoms with Crippen molar-refractivity contribution < 1.29 is 23.7 Å². The molecule has 0 fully saturated rings. The fraction of sp³-hybridized carbons (Fsp3) is 0.192. The number of aromatic nitrogens is 1. The van der Waals surface area contributed by atoms with Crippen LogP contribution < -0.4 is 29.6 Å². The third-order valence-corrected chi connectivity index (χ3v) is 5.90. The first-order chi connectivity index (χ1) is 16.7. The van der Waals surface area contributed by atoms with Crippen LogP contribution >= 0.6 is 0 Å². The normalized spacial score (nSPS) is 12.9. The summed E-state index contributed by atoms with van der Waals surface area (Å²) in [4.78, 5) is 16.1. The number of para-hydroxylation sites is 1. The summed E-state index contributed by atoms with van der Waals surface area (Å²) in [6.07, 6.45) is 1.99. The topological polar surface area (TPSA) is 93.8 Å². The summed E-state index contributed by atoms with van der Waals surface area (Å²) < 4.78 is 21.6. The van der Waals surface area contributed by atoms with E-state index in [9.17, 15) is 4.79 Å². The van der Waals surface area contributed by atoms with Gasteiger partial charge in [0.05, 0.1) is 14.2 Å². The van der Waals surface area contributed by atoms with Gasteiger partial charge in [-0.3, -0.25) is 0 Å². The summed E-state index contributed by atoms with van der Waals surface area (Å²) in [5.74, 6) is 2.43. The molecule has 0 radical (unpaired) electrons. The van der Waals surface area contributed by atoms with Crippen molar-refractivity contribution in [2.45, 2.75) is 5.92 Å². The lowest BCUT2D eigenvalue weighted by atomic mass is 9.90. The van der Waals surface area contributed by atoms with Gasteiger partial charge in [0.2, 0.25) is 6.79 Å². The molecule has 1 aliphatic rings. The van der Waals surface area contributed by atoms with E-state index < -0.39 is 0 Å². The van der Waals surface area contributed by atoms with Crippen LogP contribution in [-0.2, 0) is 0 Å². The van der Waals surface area contributed by atoms with E-state index in [1.54, 1.807) is 32.4 Å². The zero-order chi connectivity index (χ0) is 23.5. The SMILES string of the molecule is COc1ccc([C@@H](CNC(=O)Nc2ccc3c(c2)OCO3)c2c[nH]c3ccccc23)cc1OC. The summed E-state index contributed by atoms with van der Waals surface area (Å²) >= 11 is 0. The van der Waals surface area contributed by atoms with Crippen molar-refractivity contribution in [1.29, 1.82) is 0 Å². The summed E-state index contributed by atoms with van der Waals surface area (Å²) in [6.45, 7) is 0.552. The molecule has 3 aromatic carbocycles. The molecule has 1 aliphatic heterocycles. The Morgan fingerprint density at radius 1 is 1.00 bits per heavy atom. The zero-order valence-electron chi connectivity index (χ0n) is 18.9. The van der Waals surface area contributed by atoms with Crippen LogP contribution in [0.3, 0.4) is 0 Å². The molecule has 2 amide bonds. The lowest BCUT2D eigenvalue weighted by Gasteiger charge is -2.20. The average molecular weight is 460 g/mol. The molecule has 2 heterocycles. The molecule has 5 rings (SSSR count). The Morgan fingerprint density at radius 3 is 2.68 bits per heavy atom. The first kappa shape index (κ1) is 21.5. The number of nitrogens with one attached hydrogen (secondary N) is 3. The number of urea groups is 1. The van der Waals surface area contributed by atoms with Gasteiger partial charge in [0.1, 0.15) is 0 Å². The van der Waals surface area contributed by atoms with Crippen LogP contribution in [0.4, 0.5) is 10.5 Å². The highest BCUT2D eigenvalue weighted by Crippen LogP contribution is 2.36. The Morgan fingerprint density at radius 2 is 1.82 bits per heavy atom. The van der Waals surface area contributed by atoms with E-state index in [-0.39, 0.29) is 18.7 Å². The van der Waals surface area contributed by atoms with Crippen LogP contribution in [0, 0.1) is 0 Å². The lowest BCUT2D eigenvalue weighted by Crippen LogP contribution is -2.32. The van der Waals surface area contributed by atoms with Gasteiger partial charge < -0.3 is 34.6 Å². The van der Waals surface area contributed by atoms with E-state index in [4.69, 9.17) is 18.9 Å². The second-order valence-electron chi connectivity index (χ2n) is 7.86. The van der Waals surface area contributed by atoms with E-state index >= 15 is 0 Å². The van der Waals surface area contributed by atoms with Gasteiger partial charge in [-0.15, -0.1) is 0 Å². The summed E-state index contributed by atoms with van der Waals surface area (Å²) in [5, 5.41) is 6.97. The van der Waals surface area contributed by atoms with Gasteiger partial charge in [-0.2, -0.15) is 0 Å². The largest absolute Gasteiger partial charge is 0.493 e. The number of ether oxygens (including phenoxy) is 4. The van der Waals surface area contributed by atoms with Crippen molar-refractivity contribution in [3.63, 3.8) is 0 Å². The van der Waals surface area contributed by atoms with Crippen molar-refractivity contribution >= 4 is 22.6 Å². The Balaban J connectivity index is 1.40. The second kappa shape index (κ2) is 9.27. The van der Waals surface area contributed by atoms with Crippen LogP contribution in [0.15, 0.2) is 66.9 Å². The van der Waals surface area contributed by atoms with Crippen LogP contribution in [0.1, 0.15) is 17.0 Å². The van der Waals surface area contributed by atoms with E-state index in [0.717, 1.165) is 22.0 Å². The van der Waals surface area contributed by atoms with Crippen molar-refractivity contribution in [3.8, 4) is 23.0 Å². The van der Waals surface area contributed by atoms with Crippen LogP contribution in [-0.4, -0.2) is 38.6 Å². The molecule has 4 aromatic rings. The maximum Gasteiger partial charge on any atom is 0.319 e. The van der Waals surface area contributed by atoms with Crippen LogP contribution in [0.5, 0.6) is 23.0 Å². The molecule has 174 valence electrons. The number of benzene rings is 3. The molecular weight excluding hydrogens is 434 g/mol. The number of carbonyl (C=O) groups is 1. The number of methoxy groups -OCH3 is 2. The van der Waals surface area contributed by atoms with Crippen LogP contribution in [0.2, 0.25) is 0 Å². The molecule has 8 nitrogen and oxygen atoms in total. The number of H-pyrrole nitrogens is 1. The number of hydrogen-bond donors (Lipinski definition) is 3. The maximum atomic E-state index is 12.8. The van der Waals surface area contributed by atoms with Crippen LogP contribution in [0.25, 0.3) is 10.9 Å². The molecule has 0 bridgehead atoms. The Hall–Kier alpha value is -4.33. The Labute approximate surface area is 196 Å².